The number of methoxy groups -OCH3 is 2. The van der Waals surface area contributed by atoms with E-state index in [1.165, 1.54) is 32.4 Å². The van der Waals surface area contributed by atoms with Gasteiger partial charge in [-0.15, -0.1) is 0 Å². The largest absolute Gasteiger partial charge is 0.465 e. The Kier molecular flexibility index (Phi) is 6.70. The lowest BCUT2D eigenvalue weighted by Gasteiger charge is -2.31. The van der Waals surface area contributed by atoms with E-state index >= 15 is 0 Å². The molecule has 26 heavy (non-hydrogen) atoms. The molecule has 3 atom stereocenters. The van der Waals surface area contributed by atoms with Crippen LogP contribution in [0.25, 0.3) is 0 Å². The molecule has 1 amide bonds. The van der Waals surface area contributed by atoms with Gasteiger partial charge in [0.2, 0.25) is 0 Å². The van der Waals surface area contributed by atoms with Crippen molar-refractivity contribution in [1.29, 1.82) is 0 Å². The first-order valence-electron chi connectivity index (χ1n) is 8.43. The number of nitrogens with one attached hydrogen (secondary N) is 2. The molecule has 142 valence electrons. The zero-order valence-electron chi connectivity index (χ0n) is 15.5. The fraction of sp³-hybridized carbons (Fsp3) is 0.500. The molecule has 1 aliphatic heterocycles. The summed E-state index contributed by atoms with van der Waals surface area (Å²) in [5.74, 6) is -1.42. The van der Waals surface area contributed by atoms with Gasteiger partial charge in [0, 0.05) is 5.69 Å². The second-order valence-corrected chi connectivity index (χ2v) is 6.42. The molecule has 0 bridgehead atoms. The van der Waals surface area contributed by atoms with Gasteiger partial charge in [0.15, 0.2) is 6.54 Å². The summed E-state index contributed by atoms with van der Waals surface area (Å²) in [5, 5.41) is 2.74. The van der Waals surface area contributed by atoms with E-state index in [-0.39, 0.29) is 35.8 Å². The van der Waals surface area contributed by atoms with Crippen molar-refractivity contribution in [2.24, 2.45) is 0 Å². The van der Waals surface area contributed by atoms with E-state index in [0.717, 1.165) is 18.0 Å². The van der Waals surface area contributed by atoms with Crippen molar-refractivity contribution in [3.05, 3.63) is 29.3 Å². The Morgan fingerprint density at radius 3 is 2.00 bits per heavy atom. The number of benzene rings is 1. The topological polar surface area (TPSA) is 95.4 Å². The van der Waals surface area contributed by atoms with Crippen LogP contribution in [0.3, 0.4) is 0 Å². The van der Waals surface area contributed by atoms with Gasteiger partial charge in [0.05, 0.1) is 25.3 Å². The normalized spacial score (nSPS) is 22.4. The molecule has 0 saturated carbocycles. The van der Waals surface area contributed by atoms with Crippen LogP contribution >= 0.6 is 0 Å². The number of anilines is 1. The van der Waals surface area contributed by atoms with Crippen LogP contribution in [-0.2, 0) is 19.0 Å². The van der Waals surface area contributed by atoms with Gasteiger partial charge >= 0.3 is 11.9 Å². The third kappa shape index (κ3) is 5.27. The van der Waals surface area contributed by atoms with Gasteiger partial charge in [-0.25, -0.2) is 9.59 Å². The number of quaternary nitrogens is 1. The number of carbonyl (C=O) groups is 3. The van der Waals surface area contributed by atoms with Gasteiger partial charge in [-0.2, -0.15) is 0 Å². The maximum absolute atomic E-state index is 12.4. The molecule has 1 saturated heterocycles. The van der Waals surface area contributed by atoms with Gasteiger partial charge in [-0.3, -0.25) is 4.79 Å². The number of carbonyl (C=O) groups excluding carboxylic acids is 3. The van der Waals surface area contributed by atoms with Crippen molar-refractivity contribution in [3.63, 3.8) is 0 Å². The van der Waals surface area contributed by atoms with Gasteiger partial charge in [0.1, 0.15) is 25.3 Å². The molecule has 1 fully saturated rings. The molecule has 2 rings (SSSR count). The molecule has 1 unspecified atom stereocenters. The minimum absolute atomic E-state index is 0.0927. The van der Waals surface area contributed by atoms with E-state index in [2.05, 4.69) is 14.8 Å². The lowest BCUT2D eigenvalue weighted by molar-refractivity contribution is -0.907. The molecular weight excluding hydrogens is 340 g/mol. The Bertz CT molecular complexity index is 646. The number of amides is 1. The Morgan fingerprint density at radius 2 is 1.54 bits per heavy atom. The van der Waals surface area contributed by atoms with Gasteiger partial charge in [-0.1, -0.05) is 0 Å². The van der Waals surface area contributed by atoms with Crippen molar-refractivity contribution >= 4 is 23.5 Å². The van der Waals surface area contributed by atoms with Crippen molar-refractivity contribution in [3.8, 4) is 0 Å². The predicted octanol–water partition coefficient (Wildman–Crippen LogP) is -0.110. The van der Waals surface area contributed by atoms with E-state index in [1.54, 1.807) is 0 Å². The highest BCUT2D eigenvalue weighted by Gasteiger charge is 2.27. The van der Waals surface area contributed by atoms with Gasteiger partial charge in [-0.05, 0) is 32.0 Å². The molecule has 1 aliphatic rings. The van der Waals surface area contributed by atoms with E-state index < -0.39 is 11.9 Å². The summed E-state index contributed by atoms with van der Waals surface area (Å²) in [6.45, 7) is 5.72. The lowest BCUT2D eigenvalue weighted by Crippen LogP contribution is -3.16. The highest BCUT2D eigenvalue weighted by Crippen LogP contribution is 2.17. The van der Waals surface area contributed by atoms with Crippen LogP contribution in [0.5, 0.6) is 0 Å². The quantitative estimate of drug-likeness (QED) is 0.707. The Balaban J connectivity index is 2.12. The van der Waals surface area contributed by atoms with E-state index in [1.807, 2.05) is 13.8 Å². The Labute approximate surface area is 152 Å². The number of rotatable bonds is 5. The van der Waals surface area contributed by atoms with Gasteiger partial charge in [0.25, 0.3) is 5.91 Å². The summed E-state index contributed by atoms with van der Waals surface area (Å²) >= 11 is 0. The molecule has 0 radical (unpaired) electrons. The minimum Gasteiger partial charge on any atom is -0.465 e. The molecule has 0 aromatic heterocycles. The van der Waals surface area contributed by atoms with E-state index in [0.29, 0.717) is 5.69 Å². The van der Waals surface area contributed by atoms with Crippen molar-refractivity contribution < 1.29 is 33.5 Å². The molecule has 1 heterocycles. The predicted molar refractivity (Wildman–Crippen MR) is 93.3 cm³/mol. The summed E-state index contributed by atoms with van der Waals surface area (Å²) in [5.41, 5.74) is 0.658. The van der Waals surface area contributed by atoms with Crippen LogP contribution in [0.1, 0.15) is 34.6 Å². The van der Waals surface area contributed by atoms with E-state index in [9.17, 15) is 14.4 Å². The zero-order valence-corrected chi connectivity index (χ0v) is 15.5. The summed E-state index contributed by atoms with van der Waals surface area (Å²) in [4.78, 5) is 37.1. The van der Waals surface area contributed by atoms with Crippen LogP contribution in [-0.4, -0.2) is 63.9 Å². The molecule has 0 aliphatic carbocycles. The summed E-state index contributed by atoms with van der Waals surface area (Å²) in [6.07, 6.45) is 0.185. The highest BCUT2D eigenvalue weighted by atomic mass is 16.5. The number of hydrogen-bond donors (Lipinski definition) is 2. The average molecular weight is 365 g/mol. The Hall–Kier alpha value is -2.45. The third-order valence-corrected chi connectivity index (χ3v) is 4.09. The number of ether oxygens (including phenoxy) is 3. The number of morpholine rings is 1. The molecule has 8 heteroatoms. The fourth-order valence-corrected chi connectivity index (χ4v) is 3.14. The van der Waals surface area contributed by atoms with Crippen molar-refractivity contribution in [2.45, 2.75) is 26.1 Å². The first kappa shape index (κ1) is 19.9. The minimum atomic E-state index is -0.604. The smallest absolute Gasteiger partial charge is 0.337 e. The third-order valence-electron chi connectivity index (χ3n) is 4.09. The number of hydrogen-bond acceptors (Lipinski definition) is 6. The lowest BCUT2D eigenvalue weighted by atomic mass is 10.1. The standard InChI is InChI=1S/C18H24N2O6/c1-11-8-20(9-12(2)26-11)10-16(21)19-15-6-13(17(22)24-3)5-14(7-15)18(23)25-4/h5-7,11-12H,8-10H2,1-4H3,(H,19,21)/p+1/t11-,12+. The Morgan fingerprint density at radius 1 is 1.04 bits per heavy atom. The first-order chi connectivity index (χ1) is 12.3. The average Bonchev–Trinajstić information content (AvgIpc) is 2.58. The van der Waals surface area contributed by atoms with Crippen molar-refractivity contribution in [2.75, 3.05) is 39.2 Å². The second-order valence-electron chi connectivity index (χ2n) is 6.42. The maximum atomic E-state index is 12.4. The monoisotopic (exact) mass is 365 g/mol. The maximum Gasteiger partial charge on any atom is 0.337 e. The molecule has 0 spiro atoms. The highest BCUT2D eigenvalue weighted by molar-refractivity contribution is 5.99. The number of esters is 2. The van der Waals surface area contributed by atoms with Crippen LogP contribution in [0.15, 0.2) is 18.2 Å². The van der Waals surface area contributed by atoms with Crippen LogP contribution in [0, 0.1) is 0 Å². The summed E-state index contributed by atoms with van der Waals surface area (Å²) in [6, 6.07) is 4.30. The molecular formula is C18H25N2O6+. The van der Waals surface area contributed by atoms with E-state index in [4.69, 9.17) is 4.74 Å². The zero-order chi connectivity index (χ0) is 19.3. The van der Waals surface area contributed by atoms with Crippen LogP contribution in [0.2, 0.25) is 0 Å². The van der Waals surface area contributed by atoms with Crippen molar-refractivity contribution in [1.82, 2.24) is 0 Å². The summed E-state index contributed by atoms with van der Waals surface area (Å²) in [7, 11) is 2.49. The molecule has 8 nitrogen and oxygen atoms in total. The second kappa shape index (κ2) is 8.77. The van der Waals surface area contributed by atoms with Gasteiger partial charge < -0.3 is 24.4 Å². The fourth-order valence-electron chi connectivity index (χ4n) is 3.14. The van der Waals surface area contributed by atoms with Crippen LogP contribution in [0.4, 0.5) is 5.69 Å². The van der Waals surface area contributed by atoms with Crippen LogP contribution < -0.4 is 10.2 Å². The molecule has 1 aromatic rings. The summed E-state index contributed by atoms with van der Waals surface area (Å²) < 4.78 is 15.0. The first-order valence-corrected chi connectivity index (χ1v) is 8.43. The SMILES string of the molecule is COC(=O)c1cc(NC(=O)C[NH+]2C[C@@H](C)O[C@@H](C)C2)cc(C(=O)OC)c1. The molecule has 1 aromatic carbocycles. The molecule has 2 N–H and O–H groups in total.